The molecule has 7 heteroatoms. The van der Waals surface area contributed by atoms with Crippen molar-refractivity contribution in [2.75, 3.05) is 13.6 Å². The molecular formula is C18H22F2IN3O. The maximum absolute atomic E-state index is 13.3. The summed E-state index contributed by atoms with van der Waals surface area (Å²) < 4.78 is 26.5. The minimum atomic E-state index is -0.418. The van der Waals surface area contributed by atoms with Crippen LogP contribution in [0.3, 0.4) is 0 Å². The highest BCUT2D eigenvalue weighted by molar-refractivity contribution is 14.0. The lowest BCUT2D eigenvalue weighted by atomic mass is 10.1. The van der Waals surface area contributed by atoms with Crippen LogP contribution in [0.5, 0.6) is 0 Å². The Bertz CT molecular complexity index is 710. The monoisotopic (exact) mass is 461 g/mol. The molecule has 0 spiro atoms. The molecule has 0 aliphatic carbocycles. The van der Waals surface area contributed by atoms with E-state index in [-0.39, 0.29) is 42.0 Å². The maximum atomic E-state index is 13.3. The van der Waals surface area contributed by atoms with E-state index in [1.807, 2.05) is 6.07 Å². The average Bonchev–Trinajstić information content (AvgIpc) is 2.59. The summed E-state index contributed by atoms with van der Waals surface area (Å²) in [6.07, 6.45) is 0.670. The van der Waals surface area contributed by atoms with Gasteiger partial charge < -0.3 is 15.7 Å². The van der Waals surface area contributed by atoms with Crippen LogP contribution in [-0.4, -0.2) is 24.7 Å². The number of rotatable bonds is 6. The first-order valence-corrected chi connectivity index (χ1v) is 7.69. The highest BCUT2D eigenvalue weighted by Crippen LogP contribution is 2.10. The van der Waals surface area contributed by atoms with E-state index in [0.717, 1.165) is 11.1 Å². The van der Waals surface area contributed by atoms with Gasteiger partial charge in [-0.25, -0.2) is 8.78 Å². The Morgan fingerprint density at radius 2 is 1.88 bits per heavy atom. The lowest BCUT2D eigenvalue weighted by molar-refractivity contribution is 0.275. The molecule has 0 fully saturated rings. The highest BCUT2D eigenvalue weighted by atomic mass is 127. The zero-order valence-corrected chi connectivity index (χ0v) is 16.3. The van der Waals surface area contributed by atoms with Crippen LogP contribution in [-0.2, 0) is 19.6 Å². The second-order valence-corrected chi connectivity index (χ2v) is 5.32. The van der Waals surface area contributed by atoms with Crippen LogP contribution in [0.2, 0.25) is 0 Å². The predicted molar refractivity (Wildman–Crippen MR) is 106 cm³/mol. The van der Waals surface area contributed by atoms with E-state index in [0.29, 0.717) is 25.5 Å². The van der Waals surface area contributed by atoms with Crippen molar-refractivity contribution in [1.82, 2.24) is 10.6 Å². The predicted octanol–water partition coefficient (Wildman–Crippen LogP) is 2.98. The zero-order chi connectivity index (χ0) is 17.4. The number of aliphatic imine (C=N–C) groups is 1. The van der Waals surface area contributed by atoms with Crippen LogP contribution in [0.4, 0.5) is 8.78 Å². The number of hydrogen-bond donors (Lipinski definition) is 3. The van der Waals surface area contributed by atoms with Crippen LogP contribution in [0.1, 0.15) is 16.7 Å². The number of nitrogens with zero attached hydrogens (tertiary/aromatic N) is 1. The lowest BCUT2D eigenvalue weighted by Gasteiger charge is -2.12. The number of aliphatic hydroxyl groups excluding tert-OH is 1. The fourth-order valence-electron chi connectivity index (χ4n) is 2.28. The van der Waals surface area contributed by atoms with Gasteiger partial charge in [0.15, 0.2) is 5.96 Å². The van der Waals surface area contributed by atoms with Crippen molar-refractivity contribution in [2.24, 2.45) is 4.99 Å². The third-order valence-electron chi connectivity index (χ3n) is 3.56. The van der Waals surface area contributed by atoms with Gasteiger partial charge in [-0.05, 0) is 41.8 Å². The minimum absolute atomic E-state index is 0. The Labute approximate surface area is 163 Å². The Kier molecular flexibility index (Phi) is 9.36. The summed E-state index contributed by atoms with van der Waals surface area (Å²) >= 11 is 0. The van der Waals surface area contributed by atoms with Gasteiger partial charge in [0.25, 0.3) is 0 Å². The molecule has 0 bridgehead atoms. The summed E-state index contributed by atoms with van der Waals surface area (Å²) in [6, 6.07) is 11.1. The fourth-order valence-corrected chi connectivity index (χ4v) is 2.28. The normalized spacial score (nSPS) is 11.0. The molecule has 0 amide bonds. The van der Waals surface area contributed by atoms with Gasteiger partial charge >= 0.3 is 0 Å². The van der Waals surface area contributed by atoms with E-state index >= 15 is 0 Å². The lowest BCUT2D eigenvalue weighted by Crippen LogP contribution is -2.37. The topological polar surface area (TPSA) is 56.7 Å². The molecule has 4 nitrogen and oxygen atoms in total. The van der Waals surface area contributed by atoms with E-state index < -0.39 is 5.82 Å². The first kappa shape index (κ1) is 21.3. The molecule has 0 aromatic heterocycles. The first-order chi connectivity index (χ1) is 11.6. The summed E-state index contributed by atoms with van der Waals surface area (Å²) in [4.78, 5) is 4.11. The molecule has 2 aromatic carbocycles. The first-order valence-electron chi connectivity index (χ1n) is 7.69. The minimum Gasteiger partial charge on any atom is -0.392 e. The fraction of sp³-hybridized carbons (Fsp3) is 0.278. The largest absolute Gasteiger partial charge is 0.392 e. The van der Waals surface area contributed by atoms with Crippen LogP contribution >= 0.6 is 24.0 Å². The molecule has 2 aromatic rings. The molecule has 3 N–H and O–H groups in total. The summed E-state index contributed by atoms with van der Waals surface area (Å²) in [5.74, 6) is -0.0638. The number of benzene rings is 2. The number of halogens is 3. The van der Waals surface area contributed by atoms with Crippen molar-refractivity contribution in [3.8, 4) is 0 Å². The van der Waals surface area contributed by atoms with Crippen LogP contribution in [0.15, 0.2) is 47.5 Å². The summed E-state index contributed by atoms with van der Waals surface area (Å²) in [6.45, 7) is 0.724. The summed E-state index contributed by atoms with van der Waals surface area (Å²) in [5, 5.41) is 15.3. The average molecular weight is 461 g/mol. The third kappa shape index (κ3) is 6.95. The Morgan fingerprint density at radius 1 is 1.08 bits per heavy atom. The van der Waals surface area contributed by atoms with Crippen LogP contribution in [0, 0.1) is 11.6 Å². The molecule has 136 valence electrons. The second kappa shape index (κ2) is 11.0. The molecule has 25 heavy (non-hydrogen) atoms. The highest BCUT2D eigenvalue weighted by Gasteiger charge is 2.04. The zero-order valence-electron chi connectivity index (χ0n) is 13.9. The van der Waals surface area contributed by atoms with Gasteiger partial charge in [0.2, 0.25) is 0 Å². The number of nitrogens with one attached hydrogen (secondary N) is 2. The second-order valence-electron chi connectivity index (χ2n) is 5.32. The van der Waals surface area contributed by atoms with Crippen molar-refractivity contribution < 1.29 is 13.9 Å². The van der Waals surface area contributed by atoms with Gasteiger partial charge in [-0.1, -0.05) is 18.2 Å². The molecule has 2 rings (SSSR count). The van der Waals surface area contributed by atoms with E-state index in [4.69, 9.17) is 5.11 Å². The molecule has 0 atom stereocenters. The molecule has 0 heterocycles. The number of aliphatic hydroxyl groups is 1. The quantitative estimate of drug-likeness (QED) is 0.352. The van der Waals surface area contributed by atoms with Crippen molar-refractivity contribution in [1.29, 1.82) is 0 Å². The molecular weight excluding hydrogens is 439 g/mol. The van der Waals surface area contributed by atoms with Crippen molar-refractivity contribution in [3.05, 3.63) is 70.8 Å². The molecule has 0 unspecified atom stereocenters. The van der Waals surface area contributed by atoms with Gasteiger partial charge in [0.05, 0.1) is 6.61 Å². The summed E-state index contributed by atoms with van der Waals surface area (Å²) in [5.41, 5.74) is 2.01. The molecule has 0 saturated carbocycles. The summed E-state index contributed by atoms with van der Waals surface area (Å²) in [7, 11) is 1.65. The Morgan fingerprint density at radius 3 is 2.56 bits per heavy atom. The molecule has 0 aliphatic rings. The van der Waals surface area contributed by atoms with E-state index in [1.54, 1.807) is 25.2 Å². The van der Waals surface area contributed by atoms with Crippen molar-refractivity contribution >= 4 is 29.9 Å². The van der Waals surface area contributed by atoms with E-state index in [9.17, 15) is 8.78 Å². The Hall–Kier alpha value is -1.74. The van der Waals surface area contributed by atoms with Gasteiger partial charge in [-0.2, -0.15) is 0 Å². The molecule has 0 saturated heterocycles. The number of hydrogen-bond acceptors (Lipinski definition) is 2. The number of guanidine groups is 1. The standard InChI is InChI=1S/C18H21F2N3O.HI/c1-21-18(22-8-7-13-3-2-4-16(19)10-13)23-11-14-5-6-17(20)15(9-14)12-24;/h2-6,9-10,24H,7-8,11-12H2,1H3,(H2,21,22,23);1H. The van der Waals surface area contributed by atoms with Crippen molar-refractivity contribution in [2.45, 2.75) is 19.6 Å². The van der Waals surface area contributed by atoms with Crippen LogP contribution < -0.4 is 10.6 Å². The van der Waals surface area contributed by atoms with Crippen molar-refractivity contribution in [3.63, 3.8) is 0 Å². The van der Waals surface area contributed by atoms with Gasteiger partial charge in [0, 0.05) is 25.7 Å². The molecule has 0 radical (unpaired) electrons. The van der Waals surface area contributed by atoms with E-state index in [1.165, 1.54) is 18.2 Å². The van der Waals surface area contributed by atoms with Gasteiger partial charge in [-0.15, -0.1) is 24.0 Å². The third-order valence-corrected chi connectivity index (χ3v) is 3.56. The maximum Gasteiger partial charge on any atom is 0.191 e. The SMILES string of the molecule is CN=C(NCCc1cccc(F)c1)NCc1ccc(F)c(CO)c1.I. The smallest absolute Gasteiger partial charge is 0.191 e. The Balaban J connectivity index is 0.00000312. The van der Waals surface area contributed by atoms with Crippen LogP contribution in [0.25, 0.3) is 0 Å². The van der Waals surface area contributed by atoms with Gasteiger partial charge in [0.1, 0.15) is 11.6 Å². The van der Waals surface area contributed by atoms with E-state index in [2.05, 4.69) is 15.6 Å². The molecule has 0 aliphatic heterocycles. The van der Waals surface area contributed by atoms with Gasteiger partial charge in [-0.3, -0.25) is 4.99 Å².